The lowest BCUT2D eigenvalue weighted by Gasteiger charge is -2.31. The van der Waals surface area contributed by atoms with Gasteiger partial charge < -0.3 is 16.3 Å². The third-order valence-corrected chi connectivity index (χ3v) is 4.45. The van der Waals surface area contributed by atoms with E-state index in [4.69, 9.17) is 10.9 Å². The number of amides is 1. The van der Waals surface area contributed by atoms with Crippen molar-refractivity contribution in [3.63, 3.8) is 0 Å². The first-order valence-corrected chi connectivity index (χ1v) is 7.53. The lowest BCUT2D eigenvalue weighted by molar-refractivity contribution is -0.128. The number of nitrogens with two attached hydrogens (primary N) is 1. The summed E-state index contributed by atoms with van der Waals surface area (Å²) in [6.07, 6.45) is 1.03. The largest absolute Gasteiger partial charge is 0.409 e. The Bertz CT molecular complexity index is 326. The van der Waals surface area contributed by atoms with Crippen molar-refractivity contribution in [3.8, 4) is 0 Å². The Labute approximate surface area is 123 Å². The van der Waals surface area contributed by atoms with Gasteiger partial charge in [-0.2, -0.15) is 0 Å². The predicted molar refractivity (Wildman–Crippen MR) is 82.6 cm³/mol. The molecular formula is C15H31N3O2. The summed E-state index contributed by atoms with van der Waals surface area (Å²) < 4.78 is 0. The number of carbonyl (C=O) groups is 1. The van der Waals surface area contributed by atoms with Crippen LogP contribution in [0.15, 0.2) is 5.16 Å². The van der Waals surface area contributed by atoms with Crippen molar-refractivity contribution >= 4 is 11.7 Å². The van der Waals surface area contributed by atoms with Gasteiger partial charge in [-0.25, -0.2) is 0 Å². The molecule has 0 saturated carbocycles. The first kappa shape index (κ1) is 18.7. The molecule has 0 bridgehead atoms. The molecule has 5 nitrogen and oxygen atoms in total. The van der Waals surface area contributed by atoms with Crippen LogP contribution >= 0.6 is 0 Å². The zero-order valence-corrected chi connectivity index (χ0v) is 13.7. The van der Waals surface area contributed by atoms with E-state index in [0.29, 0.717) is 37.1 Å². The van der Waals surface area contributed by atoms with Crippen molar-refractivity contribution in [1.82, 2.24) is 5.32 Å². The molecule has 0 atom stereocenters. The third-order valence-electron chi connectivity index (χ3n) is 4.45. The minimum absolute atomic E-state index is 0.00866. The van der Waals surface area contributed by atoms with Crippen LogP contribution in [0.1, 0.15) is 54.4 Å². The molecule has 0 aliphatic rings. The van der Waals surface area contributed by atoms with E-state index in [1.807, 2.05) is 13.8 Å². The second-order valence-electron chi connectivity index (χ2n) is 6.14. The second-order valence-corrected chi connectivity index (χ2v) is 6.14. The highest BCUT2D eigenvalue weighted by molar-refractivity contribution is 6.06. The van der Waals surface area contributed by atoms with Crippen molar-refractivity contribution in [3.05, 3.63) is 0 Å². The second kappa shape index (κ2) is 8.12. The normalized spacial score (nSPS) is 13.3. The molecule has 0 aliphatic carbocycles. The predicted octanol–water partition coefficient (Wildman–Crippen LogP) is 2.58. The van der Waals surface area contributed by atoms with Crippen LogP contribution in [0.3, 0.4) is 0 Å². The number of oxime groups is 1. The van der Waals surface area contributed by atoms with Crippen LogP contribution in [-0.2, 0) is 4.79 Å². The fourth-order valence-electron chi connectivity index (χ4n) is 2.77. The van der Waals surface area contributed by atoms with E-state index in [-0.39, 0.29) is 11.7 Å². The van der Waals surface area contributed by atoms with Crippen molar-refractivity contribution in [2.24, 2.45) is 34.1 Å². The summed E-state index contributed by atoms with van der Waals surface area (Å²) >= 11 is 0. The van der Waals surface area contributed by atoms with Gasteiger partial charge in [0.05, 0.1) is 0 Å². The van der Waals surface area contributed by atoms with Crippen LogP contribution in [0, 0.1) is 23.2 Å². The van der Waals surface area contributed by atoms with Crippen LogP contribution < -0.4 is 11.1 Å². The average molecular weight is 285 g/mol. The first-order chi connectivity index (χ1) is 9.26. The van der Waals surface area contributed by atoms with Gasteiger partial charge in [-0.05, 0) is 30.6 Å². The molecular weight excluding hydrogens is 254 g/mol. The van der Waals surface area contributed by atoms with Gasteiger partial charge in [0.1, 0.15) is 5.41 Å². The number of nitrogens with one attached hydrogen (secondary N) is 1. The number of rotatable bonds is 8. The van der Waals surface area contributed by atoms with Crippen LogP contribution in [0.2, 0.25) is 0 Å². The number of nitrogens with zero attached hydrogens (tertiary/aromatic N) is 1. The van der Waals surface area contributed by atoms with Gasteiger partial charge in [0.15, 0.2) is 5.84 Å². The maximum absolute atomic E-state index is 12.5. The summed E-state index contributed by atoms with van der Waals surface area (Å²) in [6, 6.07) is 0. The van der Waals surface area contributed by atoms with Crippen molar-refractivity contribution in [2.45, 2.75) is 54.4 Å². The van der Waals surface area contributed by atoms with Gasteiger partial charge in [-0.3, -0.25) is 4.79 Å². The molecule has 0 radical (unpaired) electrons. The summed E-state index contributed by atoms with van der Waals surface area (Å²) in [7, 11) is 0. The maximum atomic E-state index is 12.5. The van der Waals surface area contributed by atoms with E-state index in [2.05, 4.69) is 38.2 Å². The first-order valence-electron chi connectivity index (χ1n) is 7.53. The fourth-order valence-corrected chi connectivity index (χ4v) is 2.77. The minimum Gasteiger partial charge on any atom is -0.409 e. The average Bonchev–Trinajstić information content (AvgIpc) is 2.39. The monoisotopic (exact) mass is 285 g/mol. The van der Waals surface area contributed by atoms with Gasteiger partial charge in [0.25, 0.3) is 0 Å². The highest BCUT2D eigenvalue weighted by Crippen LogP contribution is 2.27. The van der Waals surface area contributed by atoms with E-state index in [9.17, 15) is 4.79 Å². The van der Waals surface area contributed by atoms with Gasteiger partial charge >= 0.3 is 0 Å². The molecule has 0 aromatic carbocycles. The van der Waals surface area contributed by atoms with Gasteiger partial charge in [-0.15, -0.1) is 0 Å². The molecule has 5 heteroatoms. The molecule has 20 heavy (non-hydrogen) atoms. The van der Waals surface area contributed by atoms with E-state index >= 15 is 0 Å². The van der Waals surface area contributed by atoms with Gasteiger partial charge in [-0.1, -0.05) is 46.7 Å². The van der Waals surface area contributed by atoms with Crippen molar-refractivity contribution < 1.29 is 10.0 Å². The van der Waals surface area contributed by atoms with E-state index in [1.165, 1.54) is 0 Å². The number of amidine groups is 1. The Morgan fingerprint density at radius 3 is 1.95 bits per heavy atom. The minimum atomic E-state index is -0.909. The standard InChI is InChI=1S/C15H31N3O2/c1-7-15(8-2,13(16)18-20)14(19)17-9-12(10(3)4)11(5)6/h10-12,20H,7-9H2,1-6H3,(H2,16,18)(H,17,19). The molecule has 118 valence electrons. The highest BCUT2D eigenvalue weighted by Gasteiger charge is 2.40. The van der Waals surface area contributed by atoms with Crippen LogP contribution in [-0.4, -0.2) is 23.5 Å². The van der Waals surface area contributed by atoms with E-state index in [0.717, 1.165) is 0 Å². The molecule has 0 unspecified atom stereocenters. The lowest BCUT2D eigenvalue weighted by Crippen LogP contribution is -2.50. The smallest absolute Gasteiger partial charge is 0.233 e. The zero-order valence-electron chi connectivity index (χ0n) is 13.7. The van der Waals surface area contributed by atoms with Crippen LogP contribution in [0.4, 0.5) is 0 Å². The summed E-state index contributed by atoms with van der Waals surface area (Å²) in [6.45, 7) is 13.0. The Kier molecular flexibility index (Phi) is 7.61. The molecule has 0 spiro atoms. The molecule has 0 aliphatic heterocycles. The van der Waals surface area contributed by atoms with Crippen LogP contribution in [0.25, 0.3) is 0 Å². The summed E-state index contributed by atoms with van der Waals surface area (Å²) in [5, 5.41) is 15.0. The topological polar surface area (TPSA) is 87.7 Å². The molecule has 4 N–H and O–H groups in total. The third kappa shape index (κ3) is 4.12. The Hall–Kier alpha value is -1.26. The highest BCUT2D eigenvalue weighted by atomic mass is 16.4. The number of hydrogen-bond donors (Lipinski definition) is 3. The zero-order chi connectivity index (χ0) is 15.9. The Morgan fingerprint density at radius 2 is 1.65 bits per heavy atom. The molecule has 0 aromatic rings. The SMILES string of the molecule is CCC(CC)(C(=O)NCC(C(C)C)C(C)C)C(N)=NO. The van der Waals surface area contributed by atoms with E-state index < -0.39 is 5.41 Å². The summed E-state index contributed by atoms with van der Waals surface area (Å²) in [5.41, 5.74) is 4.83. The Balaban J connectivity index is 4.96. The quantitative estimate of drug-likeness (QED) is 0.277. The van der Waals surface area contributed by atoms with Crippen molar-refractivity contribution in [2.75, 3.05) is 6.54 Å². The maximum Gasteiger partial charge on any atom is 0.233 e. The molecule has 0 aromatic heterocycles. The van der Waals surface area contributed by atoms with Crippen molar-refractivity contribution in [1.29, 1.82) is 0 Å². The van der Waals surface area contributed by atoms with Gasteiger partial charge in [0.2, 0.25) is 5.91 Å². The van der Waals surface area contributed by atoms with E-state index in [1.54, 1.807) is 0 Å². The lowest BCUT2D eigenvalue weighted by atomic mass is 9.79. The summed E-state index contributed by atoms with van der Waals surface area (Å²) in [5.74, 6) is 1.25. The fraction of sp³-hybridized carbons (Fsp3) is 0.867. The number of hydrogen-bond acceptors (Lipinski definition) is 3. The molecule has 0 fully saturated rings. The Morgan fingerprint density at radius 1 is 1.20 bits per heavy atom. The summed E-state index contributed by atoms with van der Waals surface area (Å²) in [4.78, 5) is 12.5. The molecule has 0 saturated heterocycles. The van der Waals surface area contributed by atoms with Crippen LogP contribution in [0.5, 0.6) is 0 Å². The molecule has 0 rings (SSSR count). The number of carbonyl (C=O) groups excluding carboxylic acids is 1. The molecule has 1 amide bonds. The molecule has 0 heterocycles. The van der Waals surface area contributed by atoms with Gasteiger partial charge in [0, 0.05) is 6.54 Å².